The number of benzene rings is 2. The number of nitrogens with one attached hydrogen (secondary N) is 1. The van der Waals surface area contributed by atoms with Crippen LogP contribution in [0.5, 0.6) is 11.5 Å². The molecule has 1 fully saturated rings. The van der Waals surface area contributed by atoms with E-state index in [0.717, 1.165) is 5.56 Å². The van der Waals surface area contributed by atoms with Crippen molar-refractivity contribution in [3.8, 4) is 11.5 Å². The number of ether oxygens (including phenoxy) is 3. The monoisotopic (exact) mass is 424 g/mol. The molecule has 0 aliphatic carbocycles. The van der Waals surface area contributed by atoms with Crippen molar-refractivity contribution < 1.29 is 32.2 Å². The Bertz CT molecular complexity index is 849. The van der Waals surface area contributed by atoms with Crippen molar-refractivity contribution in [2.75, 3.05) is 19.6 Å². The smallest absolute Gasteiger partial charge is 0.410 e. The highest BCUT2D eigenvalue weighted by Crippen LogP contribution is 2.21. The minimum absolute atomic E-state index is 0.00301. The highest BCUT2D eigenvalue weighted by molar-refractivity contribution is 5.68. The summed E-state index contributed by atoms with van der Waals surface area (Å²) in [5.74, 6) is -0.0543. The first-order valence-electron chi connectivity index (χ1n) is 9.51. The lowest BCUT2D eigenvalue weighted by molar-refractivity contribution is -0.0498. The van der Waals surface area contributed by atoms with Gasteiger partial charge in [0, 0.05) is 31.2 Å². The minimum Gasteiger partial charge on any atom is -0.489 e. The van der Waals surface area contributed by atoms with Crippen LogP contribution in [0.2, 0.25) is 0 Å². The van der Waals surface area contributed by atoms with Crippen LogP contribution < -0.4 is 14.8 Å². The van der Waals surface area contributed by atoms with Crippen molar-refractivity contribution >= 4 is 6.09 Å². The molecule has 9 heteroatoms. The Kier molecular flexibility index (Phi) is 7.40. The van der Waals surface area contributed by atoms with Crippen LogP contribution in [0, 0.1) is 5.82 Å². The lowest BCUT2D eigenvalue weighted by Gasteiger charge is -2.33. The Morgan fingerprint density at radius 2 is 1.90 bits per heavy atom. The number of hydrogen-bond donors (Lipinski definition) is 1. The number of hydrogen-bond acceptors (Lipinski definition) is 5. The van der Waals surface area contributed by atoms with Gasteiger partial charge < -0.3 is 24.4 Å². The van der Waals surface area contributed by atoms with Crippen molar-refractivity contribution in [2.45, 2.75) is 32.8 Å². The minimum atomic E-state index is -2.88. The van der Waals surface area contributed by atoms with Gasteiger partial charge >= 0.3 is 12.7 Å². The predicted octanol–water partition coefficient (Wildman–Crippen LogP) is 3.94. The van der Waals surface area contributed by atoms with Gasteiger partial charge in [0.1, 0.15) is 30.5 Å². The maximum Gasteiger partial charge on any atom is 0.410 e. The van der Waals surface area contributed by atoms with Crippen molar-refractivity contribution in [3.05, 3.63) is 59.4 Å². The van der Waals surface area contributed by atoms with E-state index in [1.54, 1.807) is 17.0 Å². The average molecular weight is 424 g/mol. The molecule has 2 aromatic carbocycles. The van der Waals surface area contributed by atoms with Crippen LogP contribution in [0.15, 0.2) is 42.5 Å². The molecular weight excluding hydrogens is 401 g/mol. The summed E-state index contributed by atoms with van der Waals surface area (Å²) in [6.07, 6.45) is -0.485. The maximum atomic E-state index is 14.1. The molecule has 6 nitrogen and oxygen atoms in total. The average Bonchev–Trinajstić information content (AvgIpc) is 2.73. The molecule has 1 unspecified atom stereocenters. The molecule has 1 N–H and O–H groups in total. The zero-order valence-electron chi connectivity index (χ0n) is 16.4. The highest BCUT2D eigenvalue weighted by Gasteiger charge is 2.24. The van der Waals surface area contributed by atoms with Gasteiger partial charge in [0.25, 0.3) is 0 Å². The SMILES string of the molecule is CC1CNCCN1C(=O)OCc1cc(OCc2ccc(OC(F)F)cc2)ccc1F. The van der Waals surface area contributed by atoms with Crippen molar-refractivity contribution in [3.63, 3.8) is 0 Å². The molecule has 30 heavy (non-hydrogen) atoms. The van der Waals surface area contributed by atoms with Gasteiger partial charge in [-0.15, -0.1) is 0 Å². The first-order chi connectivity index (χ1) is 14.4. The summed E-state index contributed by atoms with van der Waals surface area (Å²) in [7, 11) is 0. The van der Waals surface area contributed by atoms with E-state index in [9.17, 15) is 18.0 Å². The second-order valence-corrected chi connectivity index (χ2v) is 6.87. The van der Waals surface area contributed by atoms with Crippen LogP contribution in [0.1, 0.15) is 18.1 Å². The molecular formula is C21H23F3N2O4. The van der Waals surface area contributed by atoms with Gasteiger partial charge in [-0.3, -0.25) is 0 Å². The van der Waals surface area contributed by atoms with E-state index in [4.69, 9.17) is 9.47 Å². The summed E-state index contributed by atoms with van der Waals surface area (Å²) in [6.45, 7) is 0.875. The maximum absolute atomic E-state index is 14.1. The fourth-order valence-corrected chi connectivity index (χ4v) is 3.02. The quantitative estimate of drug-likeness (QED) is 0.730. The second-order valence-electron chi connectivity index (χ2n) is 6.87. The summed E-state index contributed by atoms with van der Waals surface area (Å²) in [5, 5.41) is 3.18. The number of rotatable bonds is 7. The molecule has 0 radical (unpaired) electrons. The van der Waals surface area contributed by atoms with Crippen molar-refractivity contribution in [1.82, 2.24) is 10.2 Å². The molecule has 1 atom stereocenters. The van der Waals surface area contributed by atoms with E-state index in [-0.39, 0.29) is 30.6 Å². The number of carbonyl (C=O) groups is 1. The van der Waals surface area contributed by atoms with Crippen molar-refractivity contribution in [2.24, 2.45) is 0 Å². The summed E-state index contributed by atoms with van der Waals surface area (Å²) in [4.78, 5) is 13.9. The number of alkyl halides is 2. The van der Waals surface area contributed by atoms with Gasteiger partial charge in [-0.05, 0) is 42.8 Å². The third kappa shape index (κ3) is 6.03. The summed E-state index contributed by atoms with van der Waals surface area (Å²) < 4.78 is 53.7. The molecule has 0 spiro atoms. The van der Waals surface area contributed by atoms with Crippen molar-refractivity contribution in [1.29, 1.82) is 0 Å². The van der Waals surface area contributed by atoms with Crippen LogP contribution in [0.3, 0.4) is 0 Å². The Morgan fingerprint density at radius 1 is 1.17 bits per heavy atom. The molecule has 0 saturated carbocycles. The van der Waals surface area contributed by atoms with E-state index in [0.29, 0.717) is 25.4 Å². The second kappa shape index (κ2) is 10.2. The molecule has 3 rings (SSSR count). The highest BCUT2D eigenvalue weighted by atomic mass is 19.3. The van der Waals surface area contributed by atoms with E-state index < -0.39 is 18.5 Å². The van der Waals surface area contributed by atoms with E-state index in [1.165, 1.54) is 30.3 Å². The van der Waals surface area contributed by atoms with Gasteiger partial charge in [-0.25, -0.2) is 9.18 Å². The topological polar surface area (TPSA) is 60.0 Å². The number of piperazine rings is 1. The largest absolute Gasteiger partial charge is 0.489 e. The molecule has 1 aliphatic rings. The number of halogens is 3. The molecule has 0 bridgehead atoms. The molecule has 1 heterocycles. The van der Waals surface area contributed by atoms with Crippen LogP contribution in [0.4, 0.5) is 18.0 Å². The zero-order valence-corrected chi connectivity index (χ0v) is 16.4. The van der Waals surface area contributed by atoms with E-state index >= 15 is 0 Å². The summed E-state index contributed by atoms with van der Waals surface area (Å²) in [5.41, 5.74) is 0.922. The summed E-state index contributed by atoms with van der Waals surface area (Å²) in [6, 6.07) is 10.2. The van der Waals surface area contributed by atoms with Crippen LogP contribution in [0.25, 0.3) is 0 Å². The Hall–Kier alpha value is -2.94. The Balaban J connectivity index is 1.55. The Labute approximate surface area is 172 Å². The predicted molar refractivity (Wildman–Crippen MR) is 103 cm³/mol. The third-order valence-electron chi connectivity index (χ3n) is 4.66. The third-order valence-corrected chi connectivity index (χ3v) is 4.66. The van der Waals surface area contributed by atoms with Crippen LogP contribution in [-0.4, -0.2) is 43.3 Å². The molecule has 0 aromatic heterocycles. The van der Waals surface area contributed by atoms with Gasteiger partial charge in [0.05, 0.1) is 0 Å². The molecule has 162 valence electrons. The van der Waals surface area contributed by atoms with E-state index in [1.807, 2.05) is 6.92 Å². The van der Waals surface area contributed by atoms with Gasteiger partial charge in [0.15, 0.2) is 0 Å². The normalized spacial score (nSPS) is 16.4. The van der Waals surface area contributed by atoms with E-state index in [2.05, 4.69) is 10.1 Å². The molecule has 1 saturated heterocycles. The fraction of sp³-hybridized carbons (Fsp3) is 0.381. The van der Waals surface area contributed by atoms with Gasteiger partial charge in [-0.2, -0.15) is 8.78 Å². The lowest BCUT2D eigenvalue weighted by atomic mass is 10.2. The number of nitrogens with zero attached hydrogens (tertiary/aromatic N) is 1. The standard InChI is InChI=1S/C21H23F3N2O4/c1-14-11-25-8-9-26(14)21(27)29-13-16-10-18(6-7-19(16)22)28-12-15-2-4-17(5-3-15)30-20(23)24/h2-7,10,14,20,25H,8-9,11-13H2,1H3. The first-order valence-corrected chi connectivity index (χ1v) is 9.51. The summed E-state index contributed by atoms with van der Waals surface area (Å²) >= 11 is 0. The zero-order chi connectivity index (χ0) is 21.5. The van der Waals surface area contributed by atoms with Gasteiger partial charge in [0.2, 0.25) is 0 Å². The number of carbonyl (C=O) groups excluding carboxylic acids is 1. The number of amides is 1. The fourth-order valence-electron chi connectivity index (χ4n) is 3.02. The molecule has 1 aliphatic heterocycles. The Morgan fingerprint density at radius 3 is 2.60 bits per heavy atom. The molecule has 1 amide bonds. The van der Waals surface area contributed by atoms with Gasteiger partial charge in [-0.1, -0.05) is 12.1 Å². The first kappa shape index (κ1) is 21.8. The molecule has 2 aromatic rings. The lowest BCUT2D eigenvalue weighted by Crippen LogP contribution is -2.52. The van der Waals surface area contributed by atoms with Crippen LogP contribution in [-0.2, 0) is 18.0 Å². The van der Waals surface area contributed by atoms with Crippen LogP contribution >= 0.6 is 0 Å².